The molecule has 21 heavy (non-hydrogen) atoms. The second kappa shape index (κ2) is 5.88. The minimum Gasteiger partial charge on any atom is -0.352 e. The van der Waals surface area contributed by atoms with Crippen molar-refractivity contribution in [2.24, 2.45) is 5.92 Å². The predicted molar refractivity (Wildman–Crippen MR) is 83.6 cm³/mol. The van der Waals surface area contributed by atoms with Gasteiger partial charge in [-0.1, -0.05) is 19.3 Å². The van der Waals surface area contributed by atoms with E-state index in [-0.39, 0.29) is 5.91 Å². The molecule has 1 fully saturated rings. The van der Waals surface area contributed by atoms with Crippen LogP contribution >= 0.6 is 0 Å². The molecule has 0 unspecified atom stereocenters. The van der Waals surface area contributed by atoms with E-state index >= 15 is 0 Å². The van der Waals surface area contributed by atoms with E-state index in [1.807, 2.05) is 36.6 Å². The zero-order chi connectivity index (χ0) is 14.8. The first-order valence-corrected chi connectivity index (χ1v) is 7.88. The third-order valence-electron chi connectivity index (χ3n) is 4.46. The summed E-state index contributed by atoms with van der Waals surface area (Å²) in [6, 6.07) is 3.89. The smallest absolute Gasteiger partial charge is 0.255 e. The molecule has 112 valence electrons. The highest BCUT2D eigenvalue weighted by Gasteiger charge is 2.17. The predicted octanol–water partition coefficient (Wildman–Crippen LogP) is 3.26. The molecule has 4 heteroatoms. The first-order valence-electron chi connectivity index (χ1n) is 7.88. The quantitative estimate of drug-likeness (QED) is 0.941. The van der Waals surface area contributed by atoms with Gasteiger partial charge in [0, 0.05) is 24.1 Å². The molecule has 0 aliphatic heterocycles. The molecule has 1 aliphatic carbocycles. The van der Waals surface area contributed by atoms with E-state index in [1.54, 1.807) is 0 Å². The van der Waals surface area contributed by atoms with E-state index in [0.717, 1.165) is 23.6 Å². The van der Waals surface area contributed by atoms with Gasteiger partial charge in [0.1, 0.15) is 5.65 Å². The summed E-state index contributed by atoms with van der Waals surface area (Å²) in [4.78, 5) is 16.9. The Morgan fingerprint density at radius 2 is 2.10 bits per heavy atom. The lowest BCUT2D eigenvalue weighted by atomic mass is 9.89. The molecule has 1 N–H and O–H groups in total. The summed E-state index contributed by atoms with van der Waals surface area (Å²) < 4.78 is 1.97. The normalized spacial score (nSPS) is 16.3. The zero-order valence-corrected chi connectivity index (χ0v) is 12.9. The number of fused-ring (bicyclic) bond motifs is 1. The second-order valence-electron chi connectivity index (χ2n) is 6.18. The summed E-state index contributed by atoms with van der Waals surface area (Å²) in [6.45, 7) is 4.79. The molecular formula is C17H23N3O. The van der Waals surface area contributed by atoms with Gasteiger partial charge in [0.05, 0.1) is 5.56 Å². The van der Waals surface area contributed by atoms with Crippen LogP contribution in [0, 0.1) is 19.8 Å². The summed E-state index contributed by atoms with van der Waals surface area (Å²) in [5.74, 6) is 0.647. The molecule has 0 bridgehead atoms. The number of aryl methyl sites for hydroxylation is 2. The monoisotopic (exact) mass is 285 g/mol. The minimum absolute atomic E-state index is 0.000531. The Bertz CT molecular complexity index is 653. The number of amides is 1. The van der Waals surface area contributed by atoms with Gasteiger partial charge < -0.3 is 9.72 Å². The lowest BCUT2D eigenvalue weighted by Crippen LogP contribution is -2.30. The van der Waals surface area contributed by atoms with Gasteiger partial charge in [-0.3, -0.25) is 4.79 Å². The van der Waals surface area contributed by atoms with Gasteiger partial charge in [0.25, 0.3) is 5.91 Å². The Labute approximate surface area is 125 Å². The van der Waals surface area contributed by atoms with E-state index in [2.05, 4.69) is 10.3 Å². The Kier molecular flexibility index (Phi) is 3.95. The molecular weight excluding hydrogens is 262 g/mol. The molecule has 1 amide bonds. The van der Waals surface area contributed by atoms with Gasteiger partial charge in [0.15, 0.2) is 0 Å². The van der Waals surface area contributed by atoms with Crippen molar-refractivity contribution < 1.29 is 4.79 Å². The van der Waals surface area contributed by atoms with Crippen LogP contribution in [0.2, 0.25) is 0 Å². The molecule has 4 nitrogen and oxygen atoms in total. The van der Waals surface area contributed by atoms with Crippen LogP contribution in [0.15, 0.2) is 18.3 Å². The number of aromatic nitrogens is 2. The van der Waals surface area contributed by atoms with Crippen LogP contribution in [0.3, 0.4) is 0 Å². The molecule has 0 radical (unpaired) electrons. The summed E-state index contributed by atoms with van der Waals surface area (Å²) in [7, 11) is 0. The van der Waals surface area contributed by atoms with Crippen molar-refractivity contribution in [3.05, 3.63) is 35.3 Å². The highest BCUT2D eigenvalue weighted by molar-refractivity contribution is 6.00. The molecule has 2 heterocycles. The third-order valence-corrected chi connectivity index (χ3v) is 4.46. The fourth-order valence-electron chi connectivity index (χ4n) is 3.29. The first-order chi connectivity index (χ1) is 10.1. The van der Waals surface area contributed by atoms with Crippen LogP contribution in [-0.4, -0.2) is 21.8 Å². The third kappa shape index (κ3) is 2.94. The fourth-order valence-corrected chi connectivity index (χ4v) is 3.29. The van der Waals surface area contributed by atoms with Gasteiger partial charge in [-0.05, 0) is 44.7 Å². The van der Waals surface area contributed by atoms with Crippen LogP contribution in [0.4, 0.5) is 0 Å². The van der Waals surface area contributed by atoms with Crippen molar-refractivity contribution in [3.8, 4) is 0 Å². The highest BCUT2D eigenvalue weighted by Crippen LogP contribution is 2.23. The number of hydrogen-bond acceptors (Lipinski definition) is 2. The van der Waals surface area contributed by atoms with E-state index in [1.165, 1.54) is 32.1 Å². The van der Waals surface area contributed by atoms with Crippen LogP contribution in [-0.2, 0) is 0 Å². The van der Waals surface area contributed by atoms with Crippen LogP contribution in [0.1, 0.15) is 53.8 Å². The van der Waals surface area contributed by atoms with Crippen molar-refractivity contribution in [2.45, 2.75) is 46.0 Å². The zero-order valence-electron chi connectivity index (χ0n) is 12.9. The molecule has 0 atom stereocenters. The van der Waals surface area contributed by atoms with Gasteiger partial charge >= 0.3 is 0 Å². The van der Waals surface area contributed by atoms with Crippen molar-refractivity contribution in [1.82, 2.24) is 14.7 Å². The van der Waals surface area contributed by atoms with E-state index in [9.17, 15) is 4.79 Å². The lowest BCUT2D eigenvalue weighted by molar-refractivity contribution is 0.0945. The van der Waals surface area contributed by atoms with Gasteiger partial charge in [-0.2, -0.15) is 0 Å². The number of nitrogens with zero attached hydrogens (tertiary/aromatic N) is 2. The van der Waals surface area contributed by atoms with Crippen molar-refractivity contribution in [2.75, 3.05) is 6.54 Å². The molecule has 3 rings (SSSR count). The fraction of sp³-hybridized carbons (Fsp3) is 0.529. The van der Waals surface area contributed by atoms with Crippen molar-refractivity contribution in [1.29, 1.82) is 0 Å². The van der Waals surface area contributed by atoms with E-state index < -0.39 is 0 Å². The highest BCUT2D eigenvalue weighted by atomic mass is 16.1. The summed E-state index contributed by atoms with van der Waals surface area (Å²) in [5.41, 5.74) is 3.48. The lowest BCUT2D eigenvalue weighted by Gasteiger charge is -2.21. The standard InChI is InChI=1S/C17H23N3O/c1-12-10-13(2)20-9-8-15(16(20)19-12)17(21)18-11-14-6-4-3-5-7-14/h8-10,14H,3-7,11H2,1-2H3,(H,18,21). The Morgan fingerprint density at radius 1 is 1.33 bits per heavy atom. The molecule has 0 saturated heterocycles. The summed E-state index contributed by atoms with van der Waals surface area (Å²) >= 11 is 0. The first kappa shape index (κ1) is 14.1. The average Bonchev–Trinajstić information content (AvgIpc) is 2.90. The maximum atomic E-state index is 12.4. The minimum atomic E-state index is 0.000531. The van der Waals surface area contributed by atoms with Crippen LogP contribution < -0.4 is 5.32 Å². The molecule has 1 saturated carbocycles. The van der Waals surface area contributed by atoms with Gasteiger partial charge in [-0.15, -0.1) is 0 Å². The SMILES string of the molecule is Cc1cc(C)n2ccc(C(=O)NCC3CCCCC3)c2n1. The Balaban J connectivity index is 1.75. The molecule has 0 aromatic carbocycles. The number of nitrogens with one attached hydrogen (secondary N) is 1. The Hall–Kier alpha value is -1.84. The maximum absolute atomic E-state index is 12.4. The second-order valence-corrected chi connectivity index (χ2v) is 6.18. The van der Waals surface area contributed by atoms with Crippen molar-refractivity contribution >= 4 is 11.6 Å². The van der Waals surface area contributed by atoms with Gasteiger partial charge in [-0.25, -0.2) is 4.98 Å². The Morgan fingerprint density at radius 3 is 2.86 bits per heavy atom. The van der Waals surface area contributed by atoms with E-state index in [4.69, 9.17) is 0 Å². The van der Waals surface area contributed by atoms with E-state index in [0.29, 0.717) is 11.5 Å². The topological polar surface area (TPSA) is 46.4 Å². The number of rotatable bonds is 3. The van der Waals surface area contributed by atoms with Crippen molar-refractivity contribution in [3.63, 3.8) is 0 Å². The number of carbonyl (C=O) groups excluding carboxylic acids is 1. The number of hydrogen-bond donors (Lipinski definition) is 1. The maximum Gasteiger partial charge on any atom is 0.255 e. The van der Waals surface area contributed by atoms with Gasteiger partial charge in [0.2, 0.25) is 0 Å². The molecule has 0 spiro atoms. The summed E-state index contributed by atoms with van der Waals surface area (Å²) in [6.07, 6.45) is 8.36. The number of carbonyl (C=O) groups is 1. The molecule has 2 aromatic rings. The molecule has 2 aromatic heterocycles. The average molecular weight is 285 g/mol. The largest absolute Gasteiger partial charge is 0.352 e. The van der Waals surface area contributed by atoms with Crippen LogP contribution in [0.25, 0.3) is 5.65 Å². The molecule has 1 aliphatic rings. The summed E-state index contributed by atoms with van der Waals surface area (Å²) in [5, 5.41) is 3.09. The van der Waals surface area contributed by atoms with Crippen LogP contribution in [0.5, 0.6) is 0 Å².